The van der Waals surface area contributed by atoms with Crippen LogP contribution in [0.4, 0.5) is 0 Å². The predicted octanol–water partition coefficient (Wildman–Crippen LogP) is 4.54. The Labute approximate surface area is 120 Å². The highest BCUT2D eigenvalue weighted by Crippen LogP contribution is 2.21. The number of hydrogen-bond donors (Lipinski definition) is 0. The molecule has 0 heterocycles. The topological polar surface area (TPSA) is 9.23 Å². The molecule has 1 nitrogen and oxygen atoms in total. The van der Waals surface area contributed by atoms with Gasteiger partial charge in [-0.05, 0) is 43.7 Å². The van der Waals surface area contributed by atoms with Crippen LogP contribution in [0.25, 0.3) is 5.57 Å². The number of methoxy groups -OCH3 is 1. The molecule has 0 saturated carbocycles. The van der Waals surface area contributed by atoms with Crippen LogP contribution in [-0.2, 0) is 0 Å². The van der Waals surface area contributed by atoms with Gasteiger partial charge in [0.25, 0.3) is 0 Å². The van der Waals surface area contributed by atoms with Crippen LogP contribution in [0.5, 0.6) is 5.75 Å². The molecule has 0 aliphatic carbocycles. The van der Waals surface area contributed by atoms with Crippen molar-refractivity contribution in [1.82, 2.24) is 0 Å². The van der Waals surface area contributed by atoms with Gasteiger partial charge in [0.1, 0.15) is 5.75 Å². The zero-order valence-corrected chi connectivity index (χ0v) is 12.1. The molecular weight excluding hydrogens is 244 g/mol. The first-order chi connectivity index (χ1) is 9.70. The number of allylic oxidation sites excluding steroid dienone is 2. The zero-order chi connectivity index (χ0) is 14.4. The standard InChI is InChI=1S/C19H18O/c1-15(2)19(14-9-16-7-5-4-6-8-16)17-10-12-18(20-3)13-11-17/h4-8,10-13H,1-3H3. The zero-order valence-electron chi connectivity index (χ0n) is 12.1. The Morgan fingerprint density at radius 3 is 2.10 bits per heavy atom. The van der Waals surface area contributed by atoms with Crippen LogP contribution < -0.4 is 4.74 Å². The summed E-state index contributed by atoms with van der Waals surface area (Å²) in [6.45, 7) is 4.17. The second-order valence-electron chi connectivity index (χ2n) is 4.72. The second kappa shape index (κ2) is 6.63. The molecule has 0 radical (unpaired) electrons. The van der Waals surface area contributed by atoms with Crippen molar-refractivity contribution in [2.75, 3.05) is 7.11 Å². The van der Waals surface area contributed by atoms with Crippen molar-refractivity contribution in [2.24, 2.45) is 0 Å². The highest BCUT2D eigenvalue weighted by Gasteiger charge is 2.01. The molecule has 2 aromatic rings. The van der Waals surface area contributed by atoms with Crippen molar-refractivity contribution in [1.29, 1.82) is 0 Å². The van der Waals surface area contributed by atoms with Gasteiger partial charge in [0.2, 0.25) is 0 Å². The molecule has 0 spiro atoms. The van der Waals surface area contributed by atoms with Crippen LogP contribution in [0.1, 0.15) is 25.0 Å². The lowest BCUT2D eigenvalue weighted by atomic mass is 10.0. The van der Waals surface area contributed by atoms with E-state index in [4.69, 9.17) is 4.74 Å². The van der Waals surface area contributed by atoms with Crippen molar-refractivity contribution in [3.63, 3.8) is 0 Å². The number of benzene rings is 2. The molecule has 0 saturated heterocycles. The Balaban J connectivity index is 2.34. The van der Waals surface area contributed by atoms with Crippen molar-refractivity contribution in [3.05, 3.63) is 71.3 Å². The van der Waals surface area contributed by atoms with Gasteiger partial charge in [-0.1, -0.05) is 47.7 Å². The van der Waals surface area contributed by atoms with E-state index < -0.39 is 0 Å². The molecule has 100 valence electrons. The van der Waals surface area contributed by atoms with Crippen LogP contribution in [0.3, 0.4) is 0 Å². The fourth-order valence-corrected chi connectivity index (χ4v) is 1.90. The molecule has 0 bridgehead atoms. The molecule has 20 heavy (non-hydrogen) atoms. The molecule has 0 N–H and O–H groups in total. The average molecular weight is 262 g/mol. The summed E-state index contributed by atoms with van der Waals surface area (Å²) in [5.74, 6) is 7.35. The summed E-state index contributed by atoms with van der Waals surface area (Å²) in [6.07, 6.45) is 0. The summed E-state index contributed by atoms with van der Waals surface area (Å²) < 4.78 is 5.19. The lowest BCUT2D eigenvalue weighted by Crippen LogP contribution is -1.87. The third kappa shape index (κ3) is 3.52. The third-order valence-electron chi connectivity index (χ3n) is 2.98. The molecule has 0 amide bonds. The maximum Gasteiger partial charge on any atom is 0.118 e. The summed E-state index contributed by atoms with van der Waals surface area (Å²) in [6, 6.07) is 18.0. The molecular formula is C19H18O. The van der Waals surface area contributed by atoms with Crippen LogP contribution in [-0.4, -0.2) is 7.11 Å². The SMILES string of the molecule is COc1ccc(C(C#Cc2ccccc2)=C(C)C)cc1. The van der Waals surface area contributed by atoms with Crippen molar-refractivity contribution < 1.29 is 4.74 Å². The maximum atomic E-state index is 5.19. The van der Waals surface area contributed by atoms with Crippen LogP contribution in [0.2, 0.25) is 0 Å². The molecule has 2 aromatic carbocycles. The number of hydrogen-bond acceptors (Lipinski definition) is 1. The van der Waals surface area contributed by atoms with Gasteiger partial charge in [-0.2, -0.15) is 0 Å². The number of ether oxygens (including phenoxy) is 1. The Morgan fingerprint density at radius 2 is 1.55 bits per heavy atom. The number of rotatable bonds is 2. The first-order valence-corrected chi connectivity index (χ1v) is 6.59. The quantitative estimate of drug-likeness (QED) is 0.722. The Bertz CT molecular complexity index is 648. The largest absolute Gasteiger partial charge is 0.497 e. The maximum absolute atomic E-state index is 5.19. The molecule has 0 aliphatic heterocycles. The summed E-state index contributed by atoms with van der Waals surface area (Å²) in [4.78, 5) is 0. The van der Waals surface area contributed by atoms with E-state index in [1.807, 2.05) is 54.6 Å². The highest BCUT2D eigenvalue weighted by atomic mass is 16.5. The van der Waals surface area contributed by atoms with Crippen molar-refractivity contribution >= 4 is 5.57 Å². The average Bonchev–Trinajstić information content (AvgIpc) is 2.49. The first kappa shape index (κ1) is 14.0. The molecule has 0 aliphatic rings. The van der Waals surface area contributed by atoms with E-state index in [0.29, 0.717) is 0 Å². The van der Waals surface area contributed by atoms with Gasteiger partial charge in [0, 0.05) is 11.1 Å². The van der Waals surface area contributed by atoms with Crippen molar-refractivity contribution in [2.45, 2.75) is 13.8 Å². The normalized spacial score (nSPS) is 9.35. The van der Waals surface area contributed by atoms with Gasteiger partial charge in [-0.15, -0.1) is 0 Å². The monoisotopic (exact) mass is 262 g/mol. The van der Waals surface area contributed by atoms with Gasteiger partial charge in [-0.3, -0.25) is 0 Å². The smallest absolute Gasteiger partial charge is 0.118 e. The highest BCUT2D eigenvalue weighted by molar-refractivity contribution is 5.81. The van der Waals surface area contributed by atoms with E-state index in [1.54, 1.807) is 7.11 Å². The predicted molar refractivity (Wildman–Crippen MR) is 84.6 cm³/mol. The van der Waals surface area contributed by atoms with Gasteiger partial charge < -0.3 is 4.74 Å². The Morgan fingerprint density at radius 1 is 0.900 bits per heavy atom. The summed E-state index contributed by atoms with van der Waals surface area (Å²) in [5, 5.41) is 0. The van der Waals surface area contributed by atoms with Crippen molar-refractivity contribution in [3.8, 4) is 17.6 Å². The fraction of sp³-hybridized carbons (Fsp3) is 0.158. The van der Waals surface area contributed by atoms with Crippen LogP contribution in [0, 0.1) is 11.8 Å². The second-order valence-corrected chi connectivity index (χ2v) is 4.72. The van der Waals surface area contributed by atoms with Gasteiger partial charge in [-0.25, -0.2) is 0 Å². The molecule has 1 heteroatoms. The van der Waals surface area contributed by atoms with E-state index in [2.05, 4.69) is 25.7 Å². The Kier molecular flexibility index (Phi) is 4.63. The minimum Gasteiger partial charge on any atom is -0.497 e. The van der Waals surface area contributed by atoms with E-state index >= 15 is 0 Å². The van der Waals surface area contributed by atoms with E-state index in [0.717, 1.165) is 22.4 Å². The Hall–Kier alpha value is -2.46. The van der Waals surface area contributed by atoms with Gasteiger partial charge in [0.05, 0.1) is 7.11 Å². The molecule has 0 unspecified atom stereocenters. The lowest BCUT2D eigenvalue weighted by Gasteiger charge is -2.05. The van der Waals surface area contributed by atoms with E-state index in [9.17, 15) is 0 Å². The van der Waals surface area contributed by atoms with E-state index in [1.165, 1.54) is 5.57 Å². The molecule has 2 rings (SSSR count). The fourth-order valence-electron chi connectivity index (χ4n) is 1.90. The summed E-state index contributed by atoms with van der Waals surface area (Å²) >= 11 is 0. The summed E-state index contributed by atoms with van der Waals surface area (Å²) in [5.41, 5.74) is 4.42. The molecule has 0 fully saturated rings. The first-order valence-electron chi connectivity index (χ1n) is 6.59. The minimum absolute atomic E-state index is 0.859. The van der Waals surface area contributed by atoms with Gasteiger partial charge >= 0.3 is 0 Å². The van der Waals surface area contributed by atoms with Crippen LogP contribution in [0.15, 0.2) is 60.2 Å². The van der Waals surface area contributed by atoms with Gasteiger partial charge in [0.15, 0.2) is 0 Å². The summed E-state index contributed by atoms with van der Waals surface area (Å²) in [7, 11) is 1.67. The van der Waals surface area contributed by atoms with Crippen LogP contribution >= 0.6 is 0 Å². The minimum atomic E-state index is 0.859. The third-order valence-corrected chi connectivity index (χ3v) is 2.98. The van der Waals surface area contributed by atoms with E-state index in [-0.39, 0.29) is 0 Å². The molecule has 0 aromatic heterocycles. The molecule has 0 atom stereocenters. The lowest BCUT2D eigenvalue weighted by molar-refractivity contribution is 0.415.